The van der Waals surface area contributed by atoms with Crippen LogP contribution < -0.4 is 10.6 Å². The summed E-state index contributed by atoms with van der Waals surface area (Å²) in [7, 11) is 0. The average Bonchev–Trinajstić information content (AvgIpc) is 3.14. The van der Waals surface area contributed by atoms with Gasteiger partial charge in [-0.15, -0.1) is 0 Å². The van der Waals surface area contributed by atoms with Crippen molar-refractivity contribution in [3.8, 4) is 11.4 Å². The second-order valence-electron chi connectivity index (χ2n) is 9.68. The number of anilines is 1. The molecule has 166 valence electrons. The van der Waals surface area contributed by atoms with E-state index in [-0.39, 0.29) is 5.41 Å². The normalized spacial score (nSPS) is 19.5. The fourth-order valence-corrected chi connectivity index (χ4v) is 4.86. The second-order valence-corrected chi connectivity index (χ2v) is 9.68. The highest BCUT2D eigenvalue weighted by atomic mass is 15.1. The Morgan fingerprint density at radius 3 is 2.82 bits per heavy atom. The number of aromatic nitrogens is 5. The van der Waals surface area contributed by atoms with Gasteiger partial charge in [0.1, 0.15) is 11.5 Å². The Morgan fingerprint density at radius 2 is 2.03 bits per heavy atom. The molecule has 1 atom stereocenters. The van der Waals surface area contributed by atoms with Gasteiger partial charge in [0.05, 0.1) is 17.1 Å². The Bertz CT molecular complexity index is 1440. The van der Waals surface area contributed by atoms with Gasteiger partial charge in [0.15, 0.2) is 5.82 Å². The fourth-order valence-electron chi connectivity index (χ4n) is 4.86. The van der Waals surface area contributed by atoms with Gasteiger partial charge in [-0.05, 0) is 43.0 Å². The predicted octanol–water partition coefficient (Wildman–Crippen LogP) is 4.63. The number of nitrogens with one attached hydrogen (secondary N) is 3. The second kappa shape index (κ2) is 7.49. The van der Waals surface area contributed by atoms with E-state index in [1.807, 2.05) is 37.7 Å². The zero-order valence-corrected chi connectivity index (χ0v) is 19.1. The van der Waals surface area contributed by atoms with Crippen LogP contribution in [-0.2, 0) is 0 Å². The fraction of sp³-hybridized carbons (Fsp3) is 0.308. The molecule has 1 saturated heterocycles. The summed E-state index contributed by atoms with van der Waals surface area (Å²) < 4.78 is 0. The number of aryl methyl sites for hydroxylation is 1. The van der Waals surface area contributed by atoms with Crippen molar-refractivity contribution in [3.63, 3.8) is 0 Å². The van der Waals surface area contributed by atoms with E-state index < -0.39 is 0 Å². The largest absolute Gasteiger partial charge is 0.366 e. The summed E-state index contributed by atoms with van der Waals surface area (Å²) in [5.74, 6) is 1.55. The van der Waals surface area contributed by atoms with E-state index in [2.05, 4.69) is 57.7 Å². The lowest BCUT2D eigenvalue weighted by Gasteiger charge is -2.40. The minimum absolute atomic E-state index is 0.0974. The zero-order chi connectivity index (χ0) is 22.6. The standard InChI is InChI=1S/C26H27N7/c1-15-11-18-17(7-10-29-23(18)30-15)24-31-20-13-28-12-19(16-5-4-6-16)22(20)25(33-24)32-21-8-9-27-14-26(21,2)3/h4-7,10-13,21,27H,8-9,14H2,1-3H3,(H,29,30)(H,31,32,33)/t21-/m0/s1. The molecule has 7 heteroatoms. The molecule has 0 bridgehead atoms. The quantitative estimate of drug-likeness (QED) is 0.431. The number of allylic oxidation sites excluding steroid dienone is 4. The lowest BCUT2D eigenvalue weighted by Crippen LogP contribution is -2.49. The van der Waals surface area contributed by atoms with E-state index in [9.17, 15) is 0 Å². The molecule has 7 nitrogen and oxygen atoms in total. The number of nitrogens with zero attached hydrogens (tertiary/aromatic N) is 4. The minimum Gasteiger partial charge on any atom is -0.366 e. The van der Waals surface area contributed by atoms with Crippen molar-refractivity contribution in [2.45, 2.75) is 33.2 Å². The first-order chi connectivity index (χ1) is 16.0. The van der Waals surface area contributed by atoms with Crippen molar-refractivity contribution >= 4 is 33.3 Å². The molecular weight excluding hydrogens is 410 g/mol. The van der Waals surface area contributed by atoms with Crippen molar-refractivity contribution in [2.75, 3.05) is 18.4 Å². The molecule has 3 N–H and O–H groups in total. The molecule has 4 aromatic heterocycles. The number of aromatic amines is 1. The van der Waals surface area contributed by atoms with Crippen molar-refractivity contribution in [1.29, 1.82) is 0 Å². The lowest BCUT2D eigenvalue weighted by atomic mass is 9.80. The Balaban J connectivity index is 1.57. The molecule has 1 aliphatic heterocycles. The van der Waals surface area contributed by atoms with Crippen molar-refractivity contribution in [2.24, 2.45) is 5.41 Å². The van der Waals surface area contributed by atoms with Gasteiger partial charge in [-0.25, -0.2) is 15.0 Å². The van der Waals surface area contributed by atoms with Crippen LogP contribution in [0.4, 0.5) is 5.82 Å². The highest BCUT2D eigenvalue weighted by Crippen LogP contribution is 2.37. The topological polar surface area (TPSA) is 91.4 Å². The molecule has 0 aromatic carbocycles. The summed E-state index contributed by atoms with van der Waals surface area (Å²) in [6.45, 7) is 8.60. The van der Waals surface area contributed by atoms with Crippen LogP contribution in [0.3, 0.4) is 0 Å². The molecule has 2 aliphatic rings. The van der Waals surface area contributed by atoms with Gasteiger partial charge < -0.3 is 15.6 Å². The third-order valence-electron chi connectivity index (χ3n) is 6.82. The number of pyridine rings is 2. The number of fused-ring (bicyclic) bond motifs is 2. The first-order valence-corrected chi connectivity index (χ1v) is 11.5. The molecule has 0 radical (unpaired) electrons. The van der Waals surface area contributed by atoms with Crippen LogP contribution >= 0.6 is 0 Å². The smallest absolute Gasteiger partial charge is 0.163 e. The maximum atomic E-state index is 5.13. The Labute approximate surface area is 192 Å². The summed E-state index contributed by atoms with van der Waals surface area (Å²) >= 11 is 0. The Morgan fingerprint density at radius 1 is 1.15 bits per heavy atom. The molecule has 0 unspecified atom stereocenters. The highest BCUT2D eigenvalue weighted by Gasteiger charge is 2.33. The lowest BCUT2D eigenvalue weighted by molar-refractivity contribution is 0.236. The first-order valence-electron chi connectivity index (χ1n) is 11.5. The van der Waals surface area contributed by atoms with Gasteiger partial charge in [0.2, 0.25) is 0 Å². The maximum absolute atomic E-state index is 5.13. The van der Waals surface area contributed by atoms with E-state index in [4.69, 9.17) is 9.97 Å². The summed E-state index contributed by atoms with van der Waals surface area (Å²) in [5.41, 5.74) is 6.03. The molecule has 0 saturated carbocycles. The highest BCUT2D eigenvalue weighted by molar-refractivity contribution is 6.03. The Kier molecular flexibility index (Phi) is 4.55. The first kappa shape index (κ1) is 20.1. The molecule has 1 aliphatic carbocycles. The van der Waals surface area contributed by atoms with Crippen LogP contribution in [0, 0.1) is 12.3 Å². The monoisotopic (exact) mass is 437 g/mol. The van der Waals surface area contributed by atoms with Gasteiger partial charge in [0.25, 0.3) is 0 Å². The van der Waals surface area contributed by atoms with E-state index in [0.717, 1.165) is 69.7 Å². The molecule has 5 heterocycles. The molecule has 0 amide bonds. The van der Waals surface area contributed by atoms with Crippen LogP contribution in [-0.4, -0.2) is 44.1 Å². The van der Waals surface area contributed by atoms with E-state index in [0.29, 0.717) is 11.9 Å². The number of hydrogen-bond donors (Lipinski definition) is 3. The van der Waals surface area contributed by atoms with Crippen molar-refractivity contribution in [1.82, 2.24) is 30.2 Å². The van der Waals surface area contributed by atoms with Gasteiger partial charge in [-0.3, -0.25) is 4.98 Å². The maximum Gasteiger partial charge on any atom is 0.163 e. The zero-order valence-electron chi connectivity index (χ0n) is 19.1. The van der Waals surface area contributed by atoms with E-state index in [1.54, 1.807) is 0 Å². The average molecular weight is 438 g/mol. The summed E-state index contributed by atoms with van der Waals surface area (Å²) in [6.07, 6.45) is 12.9. The van der Waals surface area contributed by atoms with Crippen molar-refractivity contribution < 1.29 is 0 Å². The van der Waals surface area contributed by atoms with Crippen LogP contribution in [0.1, 0.15) is 31.5 Å². The Hall–Kier alpha value is -3.58. The van der Waals surface area contributed by atoms with Gasteiger partial charge in [-0.1, -0.05) is 32.1 Å². The number of rotatable bonds is 4. The van der Waals surface area contributed by atoms with Gasteiger partial charge in [0, 0.05) is 47.2 Å². The number of H-pyrrole nitrogens is 1. The third-order valence-corrected chi connectivity index (χ3v) is 6.82. The minimum atomic E-state index is 0.0974. The van der Waals surface area contributed by atoms with Crippen LogP contribution in [0.25, 0.3) is 38.9 Å². The van der Waals surface area contributed by atoms with Crippen LogP contribution in [0.2, 0.25) is 0 Å². The molecule has 33 heavy (non-hydrogen) atoms. The predicted molar refractivity (Wildman–Crippen MR) is 133 cm³/mol. The SMILES string of the molecule is Cc1cc2c(-c3nc(N[C@H]4CCNCC4(C)C)c4c(C5=CC=C5)cncc4n3)ccnc2[nH]1. The number of hydrogen-bond acceptors (Lipinski definition) is 6. The molecule has 0 spiro atoms. The third kappa shape index (κ3) is 3.40. The molecule has 4 aromatic rings. The van der Waals surface area contributed by atoms with E-state index >= 15 is 0 Å². The molecular formula is C26H27N7. The summed E-state index contributed by atoms with van der Waals surface area (Å²) in [6, 6.07) is 4.39. The molecule has 6 rings (SSSR count). The van der Waals surface area contributed by atoms with Crippen LogP contribution in [0.15, 0.2) is 49.0 Å². The summed E-state index contributed by atoms with van der Waals surface area (Å²) in [5, 5.41) is 9.40. The van der Waals surface area contributed by atoms with Crippen molar-refractivity contribution in [3.05, 3.63) is 60.2 Å². The van der Waals surface area contributed by atoms with Gasteiger partial charge >= 0.3 is 0 Å². The van der Waals surface area contributed by atoms with Gasteiger partial charge in [-0.2, -0.15) is 0 Å². The number of piperidine rings is 1. The van der Waals surface area contributed by atoms with E-state index in [1.165, 1.54) is 0 Å². The van der Waals surface area contributed by atoms with Crippen LogP contribution in [0.5, 0.6) is 0 Å². The summed E-state index contributed by atoms with van der Waals surface area (Å²) in [4.78, 5) is 22.4. The molecule has 1 fully saturated rings.